The van der Waals surface area contributed by atoms with Gasteiger partial charge >= 0.3 is 0 Å². The molecule has 1 saturated carbocycles. The van der Waals surface area contributed by atoms with E-state index in [2.05, 4.69) is 5.32 Å². The van der Waals surface area contributed by atoms with Gasteiger partial charge < -0.3 is 11.1 Å². The minimum absolute atomic E-state index is 0.0804. The lowest BCUT2D eigenvalue weighted by molar-refractivity contribution is -0.384. The molecule has 0 radical (unpaired) electrons. The maximum absolute atomic E-state index is 12.2. The predicted octanol–water partition coefficient (Wildman–Crippen LogP) is 2.95. The van der Waals surface area contributed by atoms with Crippen molar-refractivity contribution in [2.75, 3.05) is 11.9 Å². The summed E-state index contributed by atoms with van der Waals surface area (Å²) in [6.07, 6.45) is 3.47. The summed E-state index contributed by atoms with van der Waals surface area (Å²) in [6.45, 7) is 0.658. The van der Waals surface area contributed by atoms with Crippen LogP contribution in [0, 0.1) is 22.0 Å². The maximum atomic E-state index is 12.2. The third-order valence-corrected chi connectivity index (χ3v) is 4.30. The minimum atomic E-state index is -0.515. The van der Waals surface area contributed by atoms with E-state index < -0.39 is 4.92 Å². The highest BCUT2D eigenvalue weighted by atomic mass is 35.5. The summed E-state index contributed by atoms with van der Waals surface area (Å²) in [4.78, 5) is 22.5. The van der Waals surface area contributed by atoms with E-state index in [4.69, 9.17) is 17.3 Å². The van der Waals surface area contributed by atoms with Gasteiger partial charge in [-0.3, -0.25) is 14.9 Å². The molecule has 1 aliphatic carbocycles. The van der Waals surface area contributed by atoms with Crippen molar-refractivity contribution in [2.45, 2.75) is 25.7 Å². The lowest BCUT2D eigenvalue weighted by Gasteiger charge is -2.26. The largest absolute Gasteiger partial charge is 0.330 e. The van der Waals surface area contributed by atoms with E-state index in [9.17, 15) is 14.9 Å². The molecule has 1 aliphatic rings. The number of nitro groups is 1. The predicted molar refractivity (Wildman–Crippen MR) is 81.2 cm³/mol. The quantitative estimate of drug-likeness (QED) is 0.659. The van der Waals surface area contributed by atoms with Crippen molar-refractivity contribution in [3.63, 3.8) is 0 Å². The van der Waals surface area contributed by atoms with Gasteiger partial charge in [-0.1, -0.05) is 11.6 Å². The number of benzene rings is 1. The van der Waals surface area contributed by atoms with Crippen molar-refractivity contribution in [1.29, 1.82) is 0 Å². The van der Waals surface area contributed by atoms with Crippen LogP contribution in [0.3, 0.4) is 0 Å². The van der Waals surface area contributed by atoms with E-state index in [1.807, 2.05) is 0 Å². The first-order valence-electron chi connectivity index (χ1n) is 6.96. The minimum Gasteiger partial charge on any atom is -0.330 e. The van der Waals surface area contributed by atoms with E-state index in [1.165, 1.54) is 18.2 Å². The van der Waals surface area contributed by atoms with Crippen LogP contribution in [-0.2, 0) is 4.79 Å². The van der Waals surface area contributed by atoms with Gasteiger partial charge in [0.15, 0.2) is 0 Å². The van der Waals surface area contributed by atoms with Crippen LogP contribution in [0.4, 0.5) is 11.4 Å². The molecule has 6 nitrogen and oxygen atoms in total. The zero-order valence-corrected chi connectivity index (χ0v) is 12.3. The monoisotopic (exact) mass is 311 g/mol. The number of amides is 1. The SMILES string of the molecule is NCC1CCC(C(=O)Nc2cc([N+](=O)[O-])ccc2Cl)CC1. The standard InChI is InChI=1S/C14H18ClN3O3/c15-12-6-5-11(18(20)21)7-13(12)17-14(19)10-3-1-9(8-16)2-4-10/h5-7,9-10H,1-4,8,16H2,(H,17,19). The lowest BCUT2D eigenvalue weighted by Crippen LogP contribution is -2.29. The van der Waals surface area contributed by atoms with Crippen LogP contribution in [0.15, 0.2) is 18.2 Å². The van der Waals surface area contributed by atoms with E-state index in [0.29, 0.717) is 17.5 Å². The van der Waals surface area contributed by atoms with Crippen LogP contribution in [-0.4, -0.2) is 17.4 Å². The Bertz CT molecular complexity index is 542. The highest BCUT2D eigenvalue weighted by Gasteiger charge is 2.26. The molecule has 0 saturated heterocycles. The molecular formula is C14H18ClN3O3. The van der Waals surface area contributed by atoms with Crippen LogP contribution >= 0.6 is 11.6 Å². The molecule has 1 amide bonds. The fourth-order valence-electron chi connectivity index (χ4n) is 2.62. The van der Waals surface area contributed by atoms with Crippen LogP contribution in [0.5, 0.6) is 0 Å². The fraction of sp³-hybridized carbons (Fsp3) is 0.500. The summed E-state index contributed by atoms with van der Waals surface area (Å²) >= 11 is 5.98. The summed E-state index contributed by atoms with van der Waals surface area (Å²) in [5.74, 6) is 0.284. The first-order chi connectivity index (χ1) is 10.0. The molecule has 7 heteroatoms. The molecule has 2 rings (SSSR count). The second-order valence-corrected chi connectivity index (χ2v) is 5.77. The van der Waals surface area contributed by atoms with Crippen molar-refractivity contribution in [1.82, 2.24) is 0 Å². The Morgan fingerprint density at radius 3 is 2.62 bits per heavy atom. The van der Waals surface area contributed by atoms with Gasteiger partial charge in [0, 0.05) is 18.1 Å². The average Bonchev–Trinajstić information content (AvgIpc) is 2.49. The summed E-state index contributed by atoms with van der Waals surface area (Å²) < 4.78 is 0. The van der Waals surface area contributed by atoms with Gasteiger partial charge in [0.25, 0.3) is 5.69 Å². The smallest absolute Gasteiger partial charge is 0.271 e. The van der Waals surface area contributed by atoms with Crippen molar-refractivity contribution in [3.8, 4) is 0 Å². The van der Waals surface area contributed by atoms with Crippen molar-refractivity contribution in [3.05, 3.63) is 33.3 Å². The normalized spacial score (nSPS) is 21.8. The number of nitrogens with two attached hydrogens (primary N) is 1. The van der Waals surface area contributed by atoms with Gasteiger partial charge in [-0.05, 0) is 44.2 Å². The Labute approximate surface area is 127 Å². The van der Waals surface area contributed by atoms with Crippen LogP contribution in [0.1, 0.15) is 25.7 Å². The molecule has 1 aromatic carbocycles. The summed E-state index contributed by atoms with van der Waals surface area (Å²) in [5.41, 5.74) is 5.82. The van der Waals surface area contributed by atoms with Gasteiger partial charge in [0.2, 0.25) is 5.91 Å². The molecule has 3 N–H and O–H groups in total. The van der Waals surface area contributed by atoms with Crippen molar-refractivity contribution >= 4 is 28.9 Å². The molecule has 0 atom stereocenters. The highest BCUT2D eigenvalue weighted by molar-refractivity contribution is 6.33. The number of anilines is 1. The first kappa shape index (κ1) is 15.7. The third kappa shape index (κ3) is 3.92. The van der Waals surface area contributed by atoms with Gasteiger partial charge in [0.1, 0.15) is 0 Å². The summed E-state index contributed by atoms with van der Waals surface area (Å²) in [5, 5.41) is 13.8. The zero-order valence-electron chi connectivity index (χ0n) is 11.5. The van der Waals surface area contributed by atoms with Crippen molar-refractivity contribution < 1.29 is 9.72 Å². The number of halogens is 1. The Kier molecular flexibility index (Phi) is 5.14. The number of non-ortho nitro benzene ring substituents is 1. The summed E-state index contributed by atoms with van der Waals surface area (Å²) in [7, 11) is 0. The molecule has 1 aromatic rings. The number of nitrogens with one attached hydrogen (secondary N) is 1. The number of hydrogen-bond donors (Lipinski definition) is 2. The van der Waals surface area contributed by atoms with Gasteiger partial charge in [0.05, 0.1) is 15.6 Å². The van der Waals surface area contributed by atoms with Crippen LogP contribution in [0.2, 0.25) is 5.02 Å². The number of nitrogens with zero attached hydrogens (tertiary/aromatic N) is 1. The van der Waals surface area contributed by atoms with Gasteiger partial charge in [-0.25, -0.2) is 0 Å². The number of carbonyl (C=O) groups is 1. The lowest BCUT2D eigenvalue weighted by atomic mass is 9.81. The molecule has 0 spiro atoms. The van der Waals surface area contributed by atoms with E-state index in [1.54, 1.807) is 0 Å². The first-order valence-corrected chi connectivity index (χ1v) is 7.34. The zero-order chi connectivity index (χ0) is 15.4. The molecule has 0 aromatic heterocycles. The molecule has 0 aliphatic heterocycles. The molecule has 1 fully saturated rings. The summed E-state index contributed by atoms with van der Waals surface area (Å²) in [6, 6.07) is 4.01. The molecule has 0 heterocycles. The van der Waals surface area contributed by atoms with Crippen LogP contribution < -0.4 is 11.1 Å². The molecular weight excluding hydrogens is 294 g/mol. The van der Waals surface area contributed by atoms with E-state index in [0.717, 1.165) is 25.7 Å². The van der Waals surface area contributed by atoms with Gasteiger partial charge in [-0.2, -0.15) is 0 Å². The number of carbonyl (C=O) groups excluding carboxylic acids is 1. The molecule has 21 heavy (non-hydrogen) atoms. The Balaban J connectivity index is 2.03. The van der Waals surface area contributed by atoms with E-state index >= 15 is 0 Å². The molecule has 114 valence electrons. The highest BCUT2D eigenvalue weighted by Crippen LogP contribution is 2.31. The number of hydrogen-bond acceptors (Lipinski definition) is 4. The molecule has 0 unspecified atom stereocenters. The Hall–Kier alpha value is -1.66. The third-order valence-electron chi connectivity index (χ3n) is 3.97. The van der Waals surface area contributed by atoms with Gasteiger partial charge in [-0.15, -0.1) is 0 Å². The second kappa shape index (κ2) is 6.87. The second-order valence-electron chi connectivity index (χ2n) is 5.36. The molecule has 0 bridgehead atoms. The van der Waals surface area contributed by atoms with E-state index in [-0.39, 0.29) is 23.2 Å². The van der Waals surface area contributed by atoms with Crippen LogP contribution in [0.25, 0.3) is 0 Å². The Morgan fingerprint density at radius 2 is 2.05 bits per heavy atom. The topological polar surface area (TPSA) is 98.3 Å². The van der Waals surface area contributed by atoms with Crippen molar-refractivity contribution in [2.24, 2.45) is 17.6 Å². The average molecular weight is 312 g/mol. The fourth-order valence-corrected chi connectivity index (χ4v) is 2.78. The Morgan fingerprint density at radius 1 is 1.38 bits per heavy atom. The number of rotatable bonds is 4. The maximum Gasteiger partial charge on any atom is 0.271 e. The number of nitro benzene ring substituents is 1.